The van der Waals surface area contributed by atoms with Gasteiger partial charge in [-0.05, 0) is 37.0 Å². The minimum absolute atomic E-state index is 0.0127. The monoisotopic (exact) mass is 448 g/mol. The third-order valence-corrected chi connectivity index (χ3v) is 5.16. The van der Waals surface area contributed by atoms with E-state index in [2.05, 4.69) is 14.9 Å². The SMILES string of the molecule is Cc1cc(F)c(F)cc1F.N[C@@H]1COC[C@H](N2CCc3cnc(C(F)(F)F)nc3C2)C1. The first kappa shape index (κ1) is 23.4. The van der Waals surface area contributed by atoms with Crippen molar-refractivity contribution < 1.29 is 31.1 Å². The van der Waals surface area contributed by atoms with Gasteiger partial charge in [0.25, 0.3) is 0 Å². The van der Waals surface area contributed by atoms with Crippen LogP contribution in [0.15, 0.2) is 18.3 Å². The second-order valence-corrected chi connectivity index (χ2v) is 7.59. The smallest absolute Gasteiger partial charge is 0.378 e. The maximum absolute atomic E-state index is 12.7. The molecule has 0 amide bonds. The number of nitrogens with zero attached hydrogens (tertiary/aromatic N) is 3. The van der Waals surface area contributed by atoms with Crippen molar-refractivity contribution in [2.75, 3.05) is 19.8 Å². The summed E-state index contributed by atoms with van der Waals surface area (Å²) >= 11 is 0. The molecule has 0 radical (unpaired) electrons. The summed E-state index contributed by atoms with van der Waals surface area (Å²) in [4.78, 5) is 9.22. The van der Waals surface area contributed by atoms with Crippen molar-refractivity contribution in [1.29, 1.82) is 0 Å². The van der Waals surface area contributed by atoms with Crippen molar-refractivity contribution in [3.05, 3.63) is 58.4 Å². The van der Waals surface area contributed by atoms with Crippen LogP contribution in [0.2, 0.25) is 0 Å². The first-order valence-corrected chi connectivity index (χ1v) is 9.65. The van der Waals surface area contributed by atoms with Crippen LogP contribution in [-0.4, -0.2) is 46.7 Å². The number of alkyl halides is 3. The molecule has 0 aliphatic carbocycles. The van der Waals surface area contributed by atoms with Crippen molar-refractivity contribution in [3.8, 4) is 0 Å². The Bertz CT molecular complexity index is 873. The van der Waals surface area contributed by atoms with Crippen LogP contribution in [0.5, 0.6) is 0 Å². The van der Waals surface area contributed by atoms with Crippen LogP contribution in [0.3, 0.4) is 0 Å². The van der Waals surface area contributed by atoms with Crippen LogP contribution < -0.4 is 5.73 Å². The van der Waals surface area contributed by atoms with E-state index in [0.29, 0.717) is 37.9 Å². The number of aryl methyl sites for hydroxylation is 1. The van der Waals surface area contributed by atoms with Gasteiger partial charge in [-0.3, -0.25) is 4.90 Å². The summed E-state index contributed by atoms with van der Waals surface area (Å²) in [5.41, 5.74) is 7.24. The molecule has 170 valence electrons. The molecule has 1 aromatic heterocycles. The summed E-state index contributed by atoms with van der Waals surface area (Å²) in [6, 6.07) is 1.49. The second kappa shape index (κ2) is 9.49. The maximum Gasteiger partial charge on any atom is 0.451 e. The lowest BCUT2D eigenvalue weighted by molar-refractivity contribution is -0.145. The number of halogens is 6. The van der Waals surface area contributed by atoms with Crippen LogP contribution in [0.25, 0.3) is 0 Å². The van der Waals surface area contributed by atoms with Gasteiger partial charge in [-0.1, -0.05) is 0 Å². The molecule has 3 heterocycles. The average Bonchev–Trinajstić information content (AvgIpc) is 2.71. The molecule has 0 saturated carbocycles. The molecule has 1 saturated heterocycles. The van der Waals surface area contributed by atoms with Gasteiger partial charge in [-0.2, -0.15) is 13.2 Å². The van der Waals surface area contributed by atoms with Crippen molar-refractivity contribution in [1.82, 2.24) is 14.9 Å². The van der Waals surface area contributed by atoms with Crippen molar-refractivity contribution in [2.45, 2.75) is 44.6 Å². The topological polar surface area (TPSA) is 64.3 Å². The highest BCUT2D eigenvalue weighted by atomic mass is 19.4. The summed E-state index contributed by atoms with van der Waals surface area (Å²) in [6.07, 6.45) is -1.76. The Balaban J connectivity index is 0.000000229. The fraction of sp³-hybridized carbons (Fsp3) is 0.500. The molecular formula is C20H22F6N4O. The van der Waals surface area contributed by atoms with E-state index in [9.17, 15) is 26.3 Å². The van der Waals surface area contributed by atoms with Crippen molar-refractivity contribution >= 4 is 0 Å². The Kier molecular flexibility index (Phi) is 7.17. The summed E-state index contributed by atoms with van der Waals surface area (Å²) in [5, 5.41) is 0. The molecule has 2 aliphatic heterocycles. The number of fused-ring (bicyclic) bond motifs is 1. The van der Waals surface area contributed by atoms with E-state index in [-0.39, 0.29) is 17.6 Å². The van der Waals surface area contributed by atoms with E-state index >= 15 is 0 Å². The van der Waals surface area contributed by atoms with Crippen LogP contribution in [-0.2, 0) is 23.9 Å². The number of hydrogen-bond acceptors (Lipinski definition) is 5. The first-order chi connectivity index (χ1) is 14.5. The Morgan fingerprint density at radius 2 is 1.81 bits per heavy atom. The molecule has 0 unspecified atom stereocenters. The molecule has 1 aromatic carbocycles. The molecule has 31 heavy (non-hydrogen) atoms. The van der Waals surface area contributed by atoms with E-state index in [1.54, 1.807) is 0 Å². The van der Waals surface area contributed by atoms with E-state index in [1.165, 1.54) is 13.1 Å². The second-order valence-electron chi connectivity index (χ2n) is 7.59. The van der Waals surface area contributed by atoms with E-state index in [4.69, 9.17) is 10.5 Å². The number of aromatic nitrogens is 2. The van der Waals surface area contributed by atoms with Crippen molar-refractivity contribution in [2.24, 2.45) is 5.73 Å². The Hall–Kier alpha value is -2.24. The zero-order valence-electron chi connectivity index (χ0n) is 16.7. The highest BCUT2D eigenvalue weighted by Gasteiger charge is 2.36. The molecule has 0 bridgehead atoms. The molecule has 2 N–H and O–H groups in total. The molecule has 0 spiro atoms. The molecule has 1 fully saturated rings. The van der Waals surface area contributed by atoms with Gasteiger partial charge >= 0.3 is 6.18 Å². The predicted octanol–water partition coefficient (Wildman–Crippen LogP) is 3.38. The predicted molar refractivity (Wildman–Crippen MR) is 99.4 cm³/mol. The molecule has 5 nitrogen and oxygen atoms in total. The van der Waals surface area contributed by atoms with Crippen molar-refractivity contribution in [3.63, 3.8) is 0 Å². The number of hydrogen-bond donors (Lipinski definition) is 1. The lowest BCUT2D eigenvalue weighted by Crippen LogP contribution is -2.49. The molecule has 4 rings (SSSR count). The number of ether oxygens (including phenoxy) is 1. The fourth-order valence-corrected chi connectivity index (χ4v) is 3.49. The van der Waals surface area contributed by atoms with Crippen LogP contribution in [0.1, 0.15) is 29.1 Å². The van der Waals surface area contributed by atoms with Gasteiger partial charge in [0, 0.05) is 37.4 Å². The number of nitrogens with two attached hydrogens (primary N) is 1. The van der Waals surface area contributed by atoms with Crippen LogP contribution in [0, 0.1) is 24.4 Å². The Morgan fingerprint density at radius 1 is 1.10 bits per heavy atom. The minimum Gasteiger partial charge on any atom is -0.378 e. The lowest BCUT2D eigenvalue weighted by atomic mass is 10.00. The fourth-order valence-electron chi connectivity index (χ4n) is 3.49. The standard InChI is InChI=1S/C13H17F3N4O.C7H5F3/c14-13(15,16)12-18-4-8-1-2-20(5-11(8)19-12)10-3-9(17)6-21-7-10;1-4-2-6(9)7(10)3-5(4)8/h4,9-10H,1-3,5-7,17H2;2-3H,1H3/t9-,10+;/m0./s1. The normalized spacial score (nSPS) is 21.8. The summed E-state index contributed by atoms with van der Waals surface area (Å²) in [6.45, 7) is 3.64. The summed E-state index contributed by atoms with van der Waals surface area (Å²) in [5.74, 6) is -3.96. The summed E-state index contributed by atoms with van der Waals surface area (Å²) < 4.78 is 80.2. The molecule has 2 atom stereocenters. The van der Waals surface area contributed by atoms with Gasteiger partial charge in [0.1, 0.15) is 5.82 Å². The van der Waals surface area contributed by atoms with E-state index in [0.717, 1.165) is 24.6 Å². The zero-order chi connectivity index (χ0) is 22.8. The van der Waals surface area contributed by atoms with Gasteiger partial charge in [0.05, 0.1) is 18.9 Å². The Morgan fingerprint density at radius 3 is 2.45 bits per heavy atom. The lowest BCUT2D eigenvalue weighted by Gasteiger charge is -2.38. The minimum atomic E-state index is -4.51. The zero-order valence-corrected chi connectivity index (χ0v) is 16.7. The van der Waals surface area contributed by atoms with E-state index in [1.807, 2.05) is 0 Å². The molecular weight excluding hydrogens is 426 g/mol. The Labute approximate surface area is 175 Å². The highest BCUT2D eigenvalue weighted by Crippen LogP contribution is 2.28. The van der Waals surface area contributed by atoms with Gasteiger partial charge in [-0.25, -0.2) is 23.1 Å². The third kappa shape index (κ3) is 5.92. The molecule has 2 aromatic rings. The molecule has 2 aliphatic rings. The van der Waals surface area contributed by atoms with Gasteiger partial charge in [0.15, 0.2) is 11.6 Å². The van der Waals surface area contributed by atoms with Gasteiger partial charge in [-0.15, -0.1) is 0 Å². The first-order valence-electron chi connectivity index (χ1n) is 9.65. The third-order valence-electron chi connectivity index (χ3n) is 5.16. The van der Waals surface area contributed by atoms with Gasteiger partial charge in [0.2, 0.25) is 5.82 Å². The highest BCUT2D eigenvalue weighted by molar-refractivity contribution is 5.21. The van der Waals surface area contributed by atoms with E-state index < -0.39 is 29.5 Å². The number of benzene rings is 1. The largest absolute Gasteiger partial charge is 0.451 e. The molecule has 11 heteroatoms. The number of rotatable bonds is 1. The maximum atomic E-state index is 12.7. The quantitative estimate of drug-likeness (QED) is 0.535. The summed E-state index contributed by atoms with van der Waals surface area (Å²) in [7, 11) is 0. The van der Waals surface area contributed by atoms with Crippen LogP contribution in [0.4, 0.5) is 26.3 Å². The average molecular weight is 448 g/mol. The van der Waals surface area contributed by atoms with Gasteiger partial charge < -0.3 is 10.5 Å². The van der Waals surface area contributed by atoms with Crippen LogP contribution >= 0.6 is 0 Å².